The van der Waals surface area contributed by atoms with Gasteiger partial charge in [-0.25, -0.2) is 8.42 Å². The second-order valence-electron chi connectivity index (χ2n) is 4.31. The van der Waals surface area contributed by atoms with Crippen molar-refractivity contribution < 1.29 is 18.3 Å². The molecule has 0 atom stereocenters. The van der Waals surface area contributed by atoms with E-state index in [1.807, 2.05) is 6.07 Å². The van der Waals surface area contributed by atoms with Crippen molar-refractivity contribution in [2.45, 2.75) is 19.3 Å². The number of carbonyl (C=O) groups is 1. The first kappa shape index (κ1) is 12.9. The lowest BCUT2D eigenvalue weighted by Crippen LogP contribution is -2.25. The minimum Gasteiger partial charge on any atom is -0.481 e. The molecule has 0 aromatic heterocycles. The largest absolute Gasteiger partial charge is 0.481 e. The predicted molar refractivity (Wildman–Crippen MR) is 68.1 cm³/mol. The van der Waals surface area contributed by atoms with Gasteiger partial charge in [-0.05, 0) is 30.5 Å². The van der Waals surface area contributed by atoms with Crippen LogP contribution >= 0.6 is 0 Å². The van der Waals surface area contributed by atoms with Gasteiger partial charge in [0.2, 0.25) is 10.0 Å². The first-order chi connectivity index (χ1) is 8.49. The van der Waals surface area contributed by atoms with Gasteiger partial charge in [0, 0.05) is 13.0 Å². The fourth-order valence-corrected chi connectivity index (χ4v) is 3.60. The number of rotatable bonds is 4. The zero-order valence-corrected chi connectivity index (χ0v) is 10.7. The number of benzene rings is 1. The van der Waals surface area contributed by atoms with Gasteiger partial charge in [0.05, 0.1) is 11.4 Å². The van der Waals surface area contributed by atoms with Gasteiger partial charge in [-0.15, -0.1) is 0 Å². The Balaban J connectivity index is 2.19. The molecule has 1 aliphatic heterocycles. The summed E-state index contributed by atoms with van der Waals surface area (Å²) in [5.41, 5.74) is 1.48. The average Bonchev–Trinajstić information content (AvgIpc) is 2.67. The molecule has 1 fully saturated rings. The van der Waals surface area contributed by atoms with Crippen molar-refractivity contribution in [1.82, 2.24) is 0 Å². The third-order valence-electron chi connectivity index (χ3n) is 2.93. The van der Waals surface area contributed by atoms with E-state index in [9.17, 15) is 13.2 Å². The van der Waals surface area contributed by atoms with Crippen LogP contribution in [0.5, 0.6) is 0 Å². The van der Waals surface area contributed by atoms with E-state index in [2.05, 4.69) is 0 Å². The molecule has 1 aromatic rings. The first-order valence-electron chi connectivity index (χ1n) is 5.80. The van der Waals surface area contributed by atoms with Gasteiger partial charge in [-0.1, -0.05) is 12.1 Å². The Morgan fingerprint density at radius 2 is 2.17 bits per heavy atom. The second kappa shape index (κ2) is 4.97. The van der Waals surface area contributed by atoms with Crippen molar-refractivity contribution in [1.29, 1.82) is 0 Å². The Bertz CT molecular complexity index is 553. The van der Waals surface area contributed by atoms with E-state index in [0.29, 0.717) is 25.1 Å². The number of sulfonamides is 1. The molecule has 0 aliphatic carbocycles. The summed E-state index contributed by atoms with van der Waals surface area (Å²) < 4.78 is 24.9. The van der Waals surface area contributed by atoms with E-state index < -0.39 is 16.0 Å². The van der Waals surface area contributed by atoms with Crippen LogP contribution in [0.4, 0.5) is 5.69 Å². The summed E-state index contributed by atoms with van der Waals surface area (Å²) in [5.74, 6) is -0.666. The molecule has 0 bridgehead atoms. The Morgan fingerprint density at radius 3 is 2.78 bits per heavy atom. The lowest BCUT2D eigenvalue weighted by Gasteiger charge is -2.17. The van der Waals surface area contributed by atoms with Crippen molar-refractivity contribution in [2.24, 2.45) is 0 Å². The number of hydrogen-bond acceptors (Lipinski definition) is 3. The van der Waals surface area contributed by atoms with Gasteiger partial charge in [0.25, 0.3) is 0 Å². The summed E-state index contributed by atoms with van der Waals surface area (Å²) in [4.78, 5) is 10.5. The Labute approximate surface area is 106 Å². The minimum atomic E-state index is -3.17. The molecule has 5 nitrogen and oxygen atoms in total. The van der Waals surface area contributed by atoms with Crippen LogP contribution in [0.15, 0.2) is 24.3 Å². The van der Waals surface area contributed by atoms with Gasteiger partial charge < -0.3 is 5.11 Å². The number of aryl methyl sites for hydroxylation is 1. The van der Waals surface area contributed by atoms with Crippen molar-refractivity contribution >= 4 is 21.7 Å². The van der Waals surface area contributed by atoms with Crippen LogP contribution in [0.25, 0.3) is 0 Å². The molecule has 1 N–H and O–H groups in total. The first-order valence-corrected chi connectivity index (χ1v) is 7.41. The SMILES string of the molecule is O=C(O)CCc1cccc(N2CCCS2(=O)=O)c1. The van der Waals surface area contributed by atoms with Crippen LogP contribution < -0.4 is 4.31 Å². The number of nitrogens with zero attached hydrogens (tertiary/aromatic N) is 1. The van der Waals surface area contributed by atoms with Gasteiger partial charge in [0.15, 0.2) is 0 Å². The van der Waals surface area contributed by atoms with Gasteiger partial charge in [-0.3, -0.25) is 9.10 Å². The normalized spacial score (nSPS) is 17.9. The topological polar surface area (TPSA) is 74.7 Å². The lowest BCUT2D eigenvalue weighted by atomic mass is 10.1. The average molecular weight is 269 g/mol. The molecule has 0 amide bonds. The van der Waals surface area contributed by atoms with Crippen LogP contribution in [-0.2, 0) is 21.2 Å². The quantitative estimate of drug-likeness (QED) is 0.892. The smallest absolute Gasteiger partial charge is 0.303 e. The standard InChI is InChI=1S/C12H15NO4S/c14-12(15)6-5-10-3-1-4-11(9-10)13-7-2-8-18(13,16)17/h1,3-4,9H,2,5-8H2,(H,14,15). The molecule has 1 saturated heterocycles. The third kappa shape index (κ3) is 2.81. The fourth-order valence-electron chi connectivity index (χ4n) is 2.05. The van der Waals surface area contributed by atoms with Gasteiger partial charge in [-0.2, -0.15) is 0 Å². The third-order valence-corrected chi connectivity index (χ3v) is 4.79. The Morgan fingerprint density at radius 1 is 1.39 bits per heavy atom. The van der Waals surface area contributed by atoms with Crippen molar-refractivity contribution in [2.75, 3.05) is 16.6 Å². The van der Waals surface area contributed by atoms with Crippen molar-refractivity contribution in [3.63, 3.8) is 0 Å². The van der Waals surface area contributed by atoms with Gasteiger partial charge >= 0.3 is 5.97 Å². The summed E-state index contributed by atoms with van der Waals surface area (Å²) >= 11 is 0. The number of carboxylic acids is 1. The van der Waals surface area contributed by atoms with E-state index in [4.69, 9.17) is 5.11 Å². The number of aliphatic carboxylic acids is 1. The predicted octanol–water partition coefficient (Wildman–Crippen LogP) is 1.24. The van der Waals surface area contributed by atoms with E-state index >= 15 is 0 Å². The molecular weight excluding hydrogens is 254 g/mol. The number of anilines is 1. The lowest BCUT2D eigenvalue weighted by molar-refractivity contribution is -0.136. The van der Waals surface area contributed by atoms with Crippen LogP contribution in [0.1, 0.15) is 18.4 Å². The van der Waals surface area contributed by atoms with Crippen molar-refractivity contribution in [3.05, 3.63) is 29.8 Å². The molecule has 2 rings (SSSR count). The van der Waals surface area contributed by atoms with Gasteiger partial charge in [0.1, 0.15) is 0 Å². The fraction of sp³-hybridized carbons (Fsp3) is 0.417. The maximum Gasteiger partial charge on any atom is 0.303 e. The summed E-state index contributed by atoms with van der Waals surface area (Å²) in [6, 6.07) is 7.08. The molecule has 0 saturated carbocycles. The maximum absolute atomic E-state index is 11.8. The Kier molecular flexibility index (Phi) is 3.56. The highest BCUT2D eigenvalue weighted by molar-refractivity contribution is 7.93. The number of carboxylic acid groups (broad SMARTS) is 1. The molecule has 98 valence electrons. The molecule has 0 spiro atoms. The monoisotopic (exact) mass is 269 g/mol. The molecular formula is C12H15NO4S. The highest BCUT2D eigenvalue weighted by Crippen LogP contribution is 2.25. The molecule has 0 unspecified atom stereocenters. The van der Waals surface area contributed by atoms with E-state index in [-0.39, 0.29) is 12.2 Å². The summed E-state index contributed by atoms with van der Waals surface area (Å²) in [6.45, 7) is 0.505. The Hall–Kier alpha value is -1.56. The van der Waals surface area contributed by atoms with Crippen LogP contribution in [0.3, 0.4) is 0 Å². The van der Waals surface area contributed by atoms with Crippen LogP contribution in [0, 0.1) is 0 Å². The van der Waals surface area contributed by atoms with E-state index in [1.165, 1.54) is 4.31 Å². The zero-order valence-electron chi connectivity index (χ0n) is 9.87. The van der Waals surface area contributed by atoms with E-state index in [1.54, 1.807) is 18.2 Å². The van der Waals surface area contributed by atoms with Crippen molar-refractivity contribution in [3.8, 4) is 0 Å². The summed E-state index contributed by atoms with van der Waals surface area (Å²) in [5, 5.41) is 8.63. The summed E-state index contributed by atoms with van der Waals surface area (Å²) in [6.07, 6.45) is 1.11. The molecule has 0 radical (unpaired) electrons. The number of hydrogen-bond donors (Lipinski definition) is 1. The van der Waals surface area contributed by atoms with Crippen LogP contribution in [0.2, 0.25) is 0 Å². The zero-order chi connectivity index (χ0) is 13.2. The molecule has 6 heteroatoms. The highest BCUT2D eigenvalue weighted by Gasteiger charge is 2.28. The molecule has 1 heterocycles. The maximum atomic E-state index is 11.8. The molecule has 1 aliphatic rings. The minimum absolute atomic E-state index is 0.0518. The van der Waals surface area contributed by atoms with Crippen LogP contribution in [-0.4, -0.2) is 31.8 Å². The summed E-state index contributed by atoms with van der Waals surface area (Å²) in [7, 11) is -3.17. The van der Waals surface area contributed by atoms with E-state index in [0.717, 1.165) is 5.56 Å². The second-order valence-corrected chi connectivity index (χ2v) is 6.32. The molecule has 18 heavy (non-hydrogen) atoms. The molecule has 1 aromatic carbocycles. The highest BCUT2D eigenvalue weighted by atomic mass is 32.2.